The van der Waals surface area contributed by atoms with E-state index in [9.17, 15) is 9.18 Å². The highest BCUT2D eigenvalue weighted by atomic mass is 19.1. The third kappa shape index (κ3) is 3.70. The van der Waals surface area contributed by atoms with Crippen molar-refractivity contribution in [3.05, 3.63) is 65.5 Å². The molecule has 1 aliphatic heterocycles. The van der Waals surface area contributed by atoms with E-state index in [4.69, 9.17) is 4.74 Å². The van der Waals surface area contributed by atoms with Gasteiger partial charge in [-0.1, -0.05) is 24.3 Å². The van der Waals surface area contributed by atoms with Gasteiger partial charge >= 0.3 is 0 Å². The Labute approximate surface area is 135 Å². The van der Waals surface area contributed by atoms with E-state index < -0.39 is 0 Å². The van der Waals surface area contributed by atoms with Crippen LogP contribution in [0.4, 0.5) is 4.39 Å². The van der Waals surface area contributed by atoms with Crippen molar-refractivity contribution in [2.45, 2.75) is 18.8 Å². The fraction of sp³-hybridized carbons (Fsp3) is 0.316. The van der Waals surface area contributed by atoms with Crippen LogP contribution in [-0.4, -0.2) is 31.0 Å². The molecule has 1 atom stereocenters. The van der Waals surface area contributed by atoms with Crippen LogP contribution in [0.15, 0.2) is 48.5 Å². The van der Waals surface area contributed by atoms with E-state index in [0.29, 0.717) is 12.3 Å². The molecular weight excluding hydrogens is 293 g/mol. The van der Waals surface area contributed by atoms with Crippen molar-refractivity contribution in [3.8, 4) is 5.75 Å². The zero-order valence-electron chi connectivity index (χ0n) is 13.2. The van der Waals surface area contributed by atoms with Gasteiger partial charge in [0, 0.05) is 19.0 Å². The van der Waals surface area contributed by atoms with Gasteiger partial charge in [0.05, 0.1) is 13.5 Å². The quantitative estimate of drug-likeness (QED) is 0.866. The molecule has 1 amide bonds. The molecule has 1 aliphatic rings. The minimum atomic E-state index is -0.276. The lowest BCUT2D eigenvalue weighted by atomic mass is 9.98. The van der Waals surface area contributed by atoms with Crippen molar-refractivity contribution in [2.24, 2.45) is 0 Å². The summed E-state index contributed by atoms with van der Waals surface area (Å²) in [5.74, 6) is 1.05. The molecule has 2 aromatic rings. The molecule has 0 aromatic heterocycles. The van der Waals surface area contributed by atoms with E-state index >= 15 is 0 Å². The summed E-state index contributed by atoms with van der Waals surface area (Å²) < 4.78 is 18.1. The molecule has 1 unspecified atom stereocenters. The maximum absolute atomic E-state index is 12.9. The number of amides is 1. The average Bonchev–Trinajstić information content (AvgIpc) is 3.07. The number of rotatable bonds is 4. The lowest BCUT2D eigenvalue weighted by Gasteiger charge is -2.17. The summed E-state index contributed by atoms with van der Waals surface area (Å²) in [6.07, 6.45) is 1.30. The Morgan fingerprint density at radius 3 is 2.52 bits per heavy atom. The van der Waals surface area contributed by atoms with Gasteiger partial charge in [-0.25, -0.2) is 4.39 Å². The van der Waals surface area contributed by atoms with Gasteiger partial charge in [-0.05, 0) is 41.8 Å². The van der Waals surface area contributed by atoms with Crippen LogP contribution in [0.2, 0.25) is 0 Å². The van der Waals surface area contributed by atoms with Crippen molar-refractivity contribution >= 4 is 5.91 Å². The van der Waals surface area contributed by atoms with E-state index in [-0.39, 0.29) is 11.7 Å². The van der Waals surface area contributed by atoms with Gasteiger partial charge < -0.3 is 9.64 Å². The number of hydrogen-bond acceptors (Lipinski definition) is 2. The molecule has 4 heteroatoms. The monoisotopic (exact) mass is 313 g/mol. The lowest BCUT2D eigenvalue weighted by Crippen LogP contribution is -2.29. The molecule has 120 valence electrons. The Balaban J connectivity index is 1.60. The molecular formula is C19H20FNO2. The first kappa shape index (κ1) is 15.5. The summed E-state index contributed by atoms with van der Waals surface area (Å²) in [6, 6.07) is 14.2. The Bertz CT molecular complexity index is 667. The Hall–Kier alpha value is -2.36. The summed E-state index contributed by atoms with van der Waals surface area (Å²) in [5.41, 5.74) is 2.09. The predicted octanol–water partition coefficient (Wildman–Crippen LogP) is 3.39. The van der Waals surface area contributed by atoms with Crippen LogP contribution in [0.1, 0.15) is 23.5 Å². The fourth-order valence-corrected chi connectivity index (χ4v) is 3.02. The second-order valence-electron chi connectivity index (χ2n) is 5.90. The summed E-state index contributed by atoms with van der Waals surface area (Å²) in [5, 5.41) is 0. The average molecular weight is 313 g/mol. The van der Waals surface area contributed by atoms with Crippen LogP contribution in [0.3, 0.4) is 0 Å². The number of methoxy groups -OCH3 is 1. The number of carbonyl (C=O) groups excluding carboxylic acids is 1. The minimum absolute atomic E-state index is 0.104. The van der Waals surface area contributed by atoms with Gasteiger partial charge in [0.15, 0.2) is 0 Å². The van der Waals surface area contributed by atoms with Gasteiger partial charge in [-0.15, -0.1) is 0 Å². The molecule has 0 bridgehead atoms. The summed E-state index contributed by atoms with van der Waals surface area (Å²) in [6.45, 7) is 1.52. The molecule has 23 heavy (non-hydrogen) atoms. The molecule has 1 heterocycles. The van der Waals surface area contributed by atoms with Crippen molar-refractivity contribution in [3.63, 3.8) is 0 Å². The minimum Gasteiger partial charge on any atom is -0.497 e. The number of hydrogen-bond donors (Lipinski definition) is 0. The normalized spacial score (nSPS) is 17.3. The standard InChI is InChI=1S/C19H20FNO2/c1-23-18-8-4-15(5-9-18)16-10-11-21(13-16)19(22)12-14-2-6-17(20)7-3-14/h2-9,16H,10-13H2,1H3. The molecule has 0 N–H and O–H groups in total. The molecule has 0 radical (unpaired) electrons. The molecule has 3 rings (SSSR count). The van der Waals surface area contributed by atoms with Gasteiger partial charge in [-0.3, -0.25) is 4.79 Å². The Morgan fingerprint density at radius 2 is 1.87 bits per heavy atom. The molecule has 2 aromatic carbocycles. The Kier molecular flexibility index (Phi) is 4.60. The van der Waals surface area contributed by atoms with Gasteiger partial charge in [0.25, 0.3) is 0 Å². The molecule has 3 nitrogen and oxygen atoms in total. The van der Waals surface area contributed by atoms with Crippen LogP contribution in [0, 0.1) is 5.82 Å². The zero-order chi connectivity index (χ0) is 16.2. The third-order valence-corrected chi connectivity index (χ3v) is 4.40. The van der Waals surface area contributed by atoms with E-state index in [0.717, 1.165) is 30.8 Å². The number of carbonyl (C=O) groups is 1. The zero-order valence-corrected chi connectivity index (χ0v) is 13.2. The van der Waals surface area contributed by atoms with Gasteiger partial charge in [-0.2, -0.15) is 0 Å². The first-order valence-corrected chi connectivity index (χ1v) is 7.82. The topological polar surface area (TPSA) is 29.5 Å². The fourth-order valence-electron chi connectivity index (χ4n) is 3.02. The van der Waals surface area contributed by atoms with Crippen LogP contribution >= 0.6 is 0 Å². The van der Waals surface area contributed by atoms with E-state index in [2.05, 4.69) is 12.1 Å². The van der Waals surface area contributed by atoms with Crippen molar-refractivity contribution < 1.29 is 13.9 Å². The maximum Gasteiger partial charge on any atom is 0.227 e. The summed E-state index contributed by atoms with van der Waals surface area (Å²) in [4.78, 5) is 14.3. The van der Waals surface area contributed by atoms with Crippen LogP contribution in [0.25, 0.3) is 0 Å². The van der Waals surface area contributed by atoms with Crippen molar-refractivity contribution in [1.82, 2.24) is 4.90 Å². The lowest BCUT2D eigenvalue weighted by molar-refractivity contribution is -0.129. The van der Waals surface area contributed by atoms with E-state index in [1.54, 1.807) is 19.2 Å². The number of nitrogens with zero attached hydrogens (tertiary/aromatic N) is 1. The molecule has 0 aliphatic carbocycles. The van der Waals surface area contributed by atoms with Crippen molar-refractivity contribution in [1.29, 1.82) is 0 Å². The Morgan fingerprint density at radius 1 is 1.17 bits per heavy atom. The van der Waals surface area contributed by atoms with Crippen LogP contribution < -0.4 is 4.74 Å². The first-order chi connectivity index (χ1) is 11.2. The smallest absolute Gasteiger partial charge is 0.227 e. The molecule has 0 spiro atoms. The number of ether oxygens (including phenoxy) is 1. The van der Waals surface area contributed by atoms with E-state index in [1.165, 1.54) is 17.7 Å². The first-order valence-electron chi connectivity index (χ1n) is 7.82. The van der Waals surface area contributed by atoms with Gasteiger partial charge in [0.1, 0.15) is 11.6 Å². The number of benzene rings is 2. The second-order valence-corrected chi connectivity index (χ2v) is 5.90. The summed E-state index contributed by atoms with van der Waals surface area (Å²) in [7, 11) is 1.65. The van der Waals surface area contributed by atoms with Crippen LogP contribution in [-0.2, 0) is 11.2 Å². The highest BCUT2D eigenvalue weighted by Crippen LogP contribution is 2.28. The largest absolute Gasteiger partial charge is 0.497 e. The number of halogens is 1. The SMILES string of the molecule is COc1ccc(C2CCN(C(=O)Cc3ccc(F)cc3)C2)cc1. The summed E-state index contributed by atoms with van der Waals surface area (Å²) >= 11 is 0. The van der Waals surface area contributed by atoms with Gasteiger partial charge in [0.2, 0.25) is 5.91 Å². The highest BCUT2D eigenvalue weighted by Gasteiger charge is 2.27. The van der Waals surface area contributed by atoms with Crippen LogP contribution in [0.5, 0.6) is 5.75 Å². The predicted molar refractivity (Wildman–Crippen MR) is 87.0 cm³/mol. The number of likely N-dealkylation sites (tertiary alicyclic amines) is 1. The highest BCUT2D eigenvalue weighted by molar-refractivity contribution is 5.79. The maximum atomic E-state index is 12.9. The molecule has 0 saturated carbocycles. The van der Waals surface area contributed by atoms with Crippen molar-refractivity contribution in [2.75, 3.05) is 20.2 Å². The molecule has 1 saturated heterocycles. The second kappa shape index (κ2) is 6.82. The molecule has 1 fully saturated rings. The third-order valence-electron chi connectivity index (χ3n) is 4.40. The van der Waals surface area contributed by atoms with E-state index in [1.807, 2.05) is 17.0 Å².